The van der Waals surface area contributed by atoms with Crippen LogP contribution >= 0.6 is 0 Å². The van der Waals surface area contributed by atoms with Gasteiger partial charge in [-0.15, -0.1) is 0 Å². The molecule has 0 atom stereocenters. The van der Waals surface area contributed by atoms with E-state index in [-0.39, 0.29) is 0 Å². The Balaban J connectivity index is 1.98. The number of hydrogen-bond acceptors (Lipinski definition) is 3. The van der Waals surface area contributed by atoms with E-state index in [9.17, 15) is 0 Å². The van der Waals surface area contributed by atoms with Crippen molar-refractivity contribution in [3.63, 3.8) is 0 Å². The topological polar surface area (TPSA) is 28.2 Å². The molecule has 1 aromatic heterocycles. The van der Waals surface area contributed by atoms with Gasteiger partial charge in [0.1, 0.15) is 0 Å². The fourth-order valence-corrected chi connectivity index (χ4v) is 1.35. The molecule has 0 aromatic carbocycles. The van der Waals surface area contributed by atoms with Crippen molar-refractivity contribution >= 4 is 0 Å². The summed E-state index contributed by atoms with van der Waals surface area (Å²) in [4.78, 5) is 6.47. The zero-order valence-corrected chi connectivity index (χ0v) is 7.48. The molecule has 2 heterocycles. The van der Waals surface area contributed by atoms with Gasteiger partial charge in [-0.2, -0.15) is 0 Å². The van der Waals surface area contributed by atoms with Crippen molar-refractivity contribution in [1.29, 1.82) is 0 Å². The molecule has 0 amide bonds. The van der Waals surface area contributed by atoms with Crippen LogP contribution < -0.4 is 5.32 Å². The fraction of sp³-hybridized carbons (Fsp3) is 0.300. The summed E-state index contributed by atoms with van der Waals surface area (Å²) in [5.41, 5.74) is 1.11. The minimum absolute atomic E-state index is 0.879. The molecule has 1 N–H and O–H groups in total. The summed E-state index contributed by atoms with van der Waals surface area (Å²) >= 11 is 0. The number of hydrogen-bond donors (Lipinski definition) is 1. The zero-order valence-electron chi connectivity index (χ0n) is 7.48. The van der Waals surface area contributed by atoms with Gasteiger partial charge in [-0.1, -0.05) is 12.1 Å². The fourth-order valence-electron chi connectivity index (χ4n) is 1.35. The highest BCUT2D eigenvalue weighted by molar-refractivity contribution is 5.04. The summed E-state index contributed by atoms with van der Waals surface area (Å²) in [5.74, 6) is 0. The molecular formula is C10H13N3. The third kappa shape index (κ3) is 2.29. The third-order valence-electron chi connectivity index (χ3n) is 1.98. The minimum atomic E-state index is 0.879. The molecule has 0 spiro atoms. The molecule has 0 saturated carbocycles. The molecular weight excluding hydrogens is 162 g/mol. The van der Waals surface area contributed by atoms with Crippen molar-refractivity contribution in [3.05, 3.63) is 42.4 Å². The Kier molecular flexibility index (Phi) is 2.57. The molecule has 2 rings (SSSR count). The van der Waals surface area contributed by atoms with Crippen LogP contribution in [0, 0.1) is 0 Å². The number of nitrogens with zero attached hydrogens (tertiary/aromatic N) is 2. The largest absolute Gasteiger partial charge is 0.359 e. The van der Waals surface area contributed by atoms with Gasteiger partial charge in [0.15, 0.2) is 0 Å². The molecule has 0 unspecified atom stereocenters. The second-order valence-corrected chi connectivity index (χ2v) is 3.06. The van der Waals surface area contributed by atoms with E-state index in [2.05, 4.69) is 27.5 Å². The molecule has 1 aliphatic rings. The van der Waals surface area contributed by atoms with E-state index in [0.29, 0.717) is 0 Å². The third-order valence-corrected chi connectivity index (χ3v) is 1.98. The quantitative estimate of drug-likeness (QED) is 0.725. The van der Waals surface area contributed by atoms with Crippen molar-refractivity contribution < 1.29 is 0 Å². The summed E-state index contributed by atoms with van der Waals surface area (Å²) in [7, 11) is 0. The Bertz CT molecular complexity index is 281. The van der Waals surface area contributed by atoms with E-state index in [0.717, 1.165) is 25.5 Å². The Hall–Kier alpha value is -1.35. The predicted molar refractivity (Wildman–Crippen MR) is 51.8 cm³/mol. The van der Waals surface area contributed by atoms with Crippen LogP contribution in [0.1, 0.15) is 5.69 Å². The van der Waals surface area contributed by atoms with Crippen molar-refractivity contribution in [2.45, 2.75) is 6.54 Å². The van der Waals surface area contributed by atoms with Gasteiger partial charge in [0, 0.05) is 12.7 Å². The van der Waals surface area contributed by atoms with Gasteiger partial charge in [0.25, 0.3) is 0 Å². The van der Waals surface area contributed by atoms with Crippen LogP contribution in [-0.4, -0.2) is 23.1 Å². The van der Waals surface area contributed by atoms with Gasteiger partial charge >= 0.3 is 0 Å². The Morgan fingerprint density at radius 1 is 1.46 bits per heavy atom. The average Bonchev–Trinajstić information content (AvgIpc) is 2.21. The van der Waals surface area contributed by atoms with Crippen LogP contribution in [0.2, 0.25) is 0 Å². The molecule has 68 valence electrons. The molecule has 0 radical (unpaired) electrons. The van der Waals surface area contributed by atoms with Crippen molar-refractivity contribution in [2.75, 3.05) is 13.2 Å². The van der Waals surface area contributed by atoms with E-state index in [1.807, 2.05) is 24.4 Å². The van der Waals surface area contributed by atoms with Crippen LogP contribution in [0.25, 0.3) is 0 Å². The van der Waals surface area contributed by atoms with Crippen molar-refractivity contribution in [2.24, 2.45) is 0 Å². The van der Waals surface area contributed by atoms with Crippen LogP contribution in [-0.2, 0) is 6.54 Å². The Morgan fingerprint density at radius 2 is 2.46 bits per heavy atom. The van der Waals surface area contributed by atoms with Gasteiger partial charge < -0.3 is 4.90 Å². The molecule has 1 aliphatic heterocycles. The zero-order chi connectivity index (χ0) is 8.93. The lowest BCUT2D eigenvalue weighted by atomic mass is 10.3. The van der Waals surface area contributed by atoms with Crippen molar-refractivity contribution in [1.82, 2.24) is 15.2 Å². The van der Waals surface area contributed by atoms with Gasteiger partial charge in [-0.3, -0.25) is 10.3 Å². The molecule has 0 aliphatic carbocycles. The summed E-state index contributed by atoms with van der Waals surface area (Å²) in [6, 6.07) is 6.00. The first-order valence-electron chi connectivity index (χ1n) is 4.46. The van der Waals surface area contributed by atoms with Crippen LogP contribution in [0.3, 0.4) is 0 Å². The highest BCUT2D eigenvalue weighted by Crippen LogP contribution is 2.02. The van der Waals surface area contributed by atoms with Crippen molar-refractivity contribution in [3.8, 4) is 0 Å². The number of aromatic nitrogens is 1. The lowest BCUT2D eigenvalue weighted by Gasteiger charge is -2.23. The Morgan fingerprint density at radius 3 is 3.15 bits per heavy atom. The molecule has 3 nitrogen and oxygen atoms in total. The number of pyridine rings is 1. The summed E-state index contributed by atoms with van der Waals surface area (Å²) in [6.07, 6.45) is 6.06. The second kappa shape index (κ2) is 4.05. The standard InChI is InChI=1S/C10H13N3/c1-2-6-12-10(4-1)8-13-7-3-5-11-9-13/h1-4,6-7,11H,5,8-9H2. The summed E-state index contributed by atoms with van der Waals surface area (Å²) in [6.45, 7) is 2.76. The SMILES string of the molecule is C1=CN(Cc2ccccn2)CNC1. The minimum Gasteiger partial charge on any atom is -0.359 e. The predicted octanol–water partition coefficient (Wildman–Crippen LogP) is 0.958. The normalized spacial score (nSPS) is 16.2. The monoisotopic (exact) mass is 175 g/mol. The van der Waals surface area contributed by atoms with Gasteiger partial charge in [0.05, 0.1) is 18.9 Å². The first-order valence-corrected chi connectivity index (χ1v) is 4.46. The van der Waals surface area contributed by atoms with Gasteiger partial charge in [-0.25, -0.2) is 0 Å². The lowest BCUT2D eigenvalue weighted by molar-refractivity contribution is 0.324. The number of rotatable bonds is 2. The summed E-state index contributed by atoms with van der Waals surface area (Å²) in [5, 5.41) is 3.27. The second-order valence-electron chi connectivity index (χ2n) is 3.06. The van der Waals surface area contributed by atoms with E-state index in [4.69, 9.17) is 0 Å². The highest BCUT2D eigenvalue weighted by atomic mass is 15.2. The molecule has 0 fully saturated rings. The highest BCUT2D eigenvalue weighted by Gasteiger charge is 2.03. The number of nitrogens with one attached hydrogen (secondary N) is 1. The maximum absolute atomic E-state index is 4.27. The average molecular weight is 175 g/mol. The van der Waals surface area contributed by atoms with E-state index in [1.54, 1.807) is 0 Å². The molecule has 0 saturated heterocycles. The van der Waals surface area contributed by atoms with Crippen LogP contribution in [0.5, 0.6) is 0 Å². The van der Waals surface area contributed by atoms with Gasteiger partial charge in [0.2, 0.25) is 0 Å². The van der Waals surface area contributed by atoms with E-state index in [1.165, 1.54) is 0 Å². The smallest absolute Gasteiger partial charge is 0.0683 e. The molecule has 1 aromatic rings. The van der Waals surface area contributed by atoms with Gasteiger partial charge in [-0.05, 0) is 18.3 Å². The van der Waals surface area contributed by atoms with E-state index < -0.39 is 0 Å². The molecule has 0 bridgehead atoms. The maximum atomic E-state index is 4.27. The summed E-state index contributed by atoms with van der Waals surface area (Å²) < 4.78 is 0. The molecule has 13 heavy (non-hydrogen) atoms. The Labute approximate surface area is 78.1 Å². The first-order chi connectivity index (χ1) is 6.45. The molecule has 3 heteroatoms. The van der Waals surface area contributed by atoms with Crippen LogP contribution in [0.4, 0.5) is 0 Å². The maximum Gasteiger partial charge on any atom is 0.0683 e. The van der Waals surface area contributed by atoms with Crippen LogP contribution in [0.15, 0.2) is 36.7 Å². The van der Waals surface area contributed by atoms with E-state index >= 15 is 0 Å². The first kappa shape index (κ1) is 8.26. The lowest BCUT2D eigenvalue weighted by Crippen LogP contribution is -2.33.